The Morgan fingerprint density at radius 2 is 2.25 bits per heavy atom. The Balaban J connectivity index is 2.48. The molecule has 4 nitrogen and oxygen atoms in total. The van der Waals surface area contributed by atoms with E-state index < -0.39 is 0 Å². The summed E-state index contributed by atoms with van der Waals surface area (Å²) >= 11 is 0. The zero-order chi connectivity index (χ0) is 8.39. The highest BCUT2D eigenvalue weighted by molar-refractivity contribution is 5.54. The topological polar surface area (TPSA) is 59.2 Å². The number of nitrogens with zero attached hydrogens (tertiary/aromatic N) is 2. The highest BCUT2D eigenvalue weighted by Crippen LogP contribution is 2.20. The molecule has 0 spiro atoms. The molecule has 0 fully saturated rings. The quantitative estimate of drug-likeness (QED) is 0.689. The summed E-state index contributed by atoms with van der Waals surface area (Å²) in [6.07, 6.45) is 1.25. The van der Waals surface area contributed by atoms with Crippen molar-refractivity contribution < 1.29 is 9.52 Å². The third-order valence-corrected chi connectivity index (χ3v) is 1.45. The second-order valence-electron chi connectivity index (χ2n) is 2.29. The van der Waals surface area contributed by atoms with Gasteiger partial charge in [-0.1, -0.05) is 6.07 Å². The summed E-state index contributed by atoms with van der Waals surface area (Å²) in [4.78, 5) is 0. The third kappa shape index (κ3) is 1.14. The second-order valence-corrected chi connectivity index (χ2v) is 2.29. The number of aromatic hydroxyl groups is 1. The van der Waals surface area contributed by atoms with Crippen molar-refractivity contribution in [1.29, 1.82) is 0 Å². The molecule has 0 saturated carbocycles. The monoisotopic (exact) mass is 162 g/mol. The Hall–Kier alpha value is -1.84. The van der Waals surface area contributed by atoms with E-state index in [2.05, 4.69) is 10.2 Å². The maximum atomic E-state index is 9.12. The first-order chi connectivity index (χ1) is 5.86. The van der Waals surface area contributed by atoms with E-state index >= 15 is 0 Å². The standard InChI is InChI=1S/C8H6N2O2/c11-7-3-1-2-6(4-7)8-10-9-5-12-8/h1-5,11H. The van der Waals surface area contributed by atoms with Gasteiger partial charge in [-0.2, -0.15) is 0 Å². The second kappa shape index (κ2) is 2.65. The van der Waals surface area contributed by atoms with Crippen molar-refractivity contribution >= 4 is 0 Å². The van der Waals surface area contributed by atoms with Gasteiger partial charge in [0, 0.05) is 5.56 Å². The van der Waals surface area contributed by atoms with E-state index in [9.17, 15) is 0 Å². The number of hydrogen-bond donors (Lipinski definition) is 1. The molecule has 60 valence electrons. The Bertz CT molecular complexity index is 370. The first-order valence-electron chi connectivity index (χ1n) is 3.42. The first-order valence-corrected chi connectivity index (χ1v) is 3.42. The Morgan fingerprint density at radius 3 is 2.92 bits per heavy atom. The van der Waals surface area contributed by atoms with E-state index in [1.807, 2.05) is 0 Å². The molecule has 4 heteroatoms. The van der Waals surface area contributed by atoms with E-state index in [0.29, 0.717) is 11.5 Å². The van der Waals surface area contributed by atoms with E-state index in [-0.39, 0.29) is 5.75 Å². The zero-order valence-corrected chi connectivity index (χ0v) is 6.14. The van der Waals surface area contributed by atoms with Gasteiger partial charge in [-0.15, -0.1) is 10.2 Å². The molecular formula is C8H6N2O2. The van der Waals surface area contributed by atoms with E-state index in [0.717, 1.165) is 0 Å². The van der Waals surface area contributed by atoms with Crippen molar-refractivity contribution in [1.82, 2.24) is 10.2 Å². The molecule has 0 radical (unpaired) electrons. The SMILES string of the molecule is Oc1cccc(-c2nnco2)c1. The summed E-state index contributed by atoms with van der Waals surface area (Å²) in [5.41, 5.74) is 0.715. The van der Waals surface area contributed by atoms with Crippen molar-refractivity contribution in [3.05, 3.63) is 30.7 Å². The third-order valence-electron chi connectivity index (χ3n) is 1.45. The van der Waals surface area contributed by atoms with Gasteiger partial charge < -0.3 is 9.52 Å². The molecule has 0 saturated heterocycles. The minimum absolute atomic E-state index is 0.186. The number of benzene rings is 1. The molecular weight excluding hydrogens is 156 g/mol. The highest BCUT2D eigenvalue weighted by atomic mass is 16.4. The van der Waals surface area contributed by atoms with Crippen LogP contribution in [0.5, 0.6) is 5.75 Å². The van der Waals surface area contributed by atoms with Gasteiger partial charge in [-0.25, -0.2) is 0 Å². The minimum atomic E-state index is 0.186. The van der Waals surface area contributed by atoms with Crippen LogP contribution in [0.2, 0.25) is 0 Å². The molecule has 1 aromatic heterocycles. The van der Waals surface area contributed by atoms with Gasteiger partial charge >= 0.3 is 0 Å². The minimum Gasteiger partial charge on any atom is -0.508 e. The summed E-state index contributed by atoms with van der Waals surface area (Å²) in [7, 11) is 0. The molecule has 0 bridgehead atoms. The van der Waals surface area contributed by atoms with Crippen molar-refractivity contribution in [2.75, 3.05) is 0 Å². The zero-order valence-electron chi connectivity index (χ0n) is 6.14. The Kier molecular flexibility index (Phi) is 1.51. The van der Waals surface area contributed by atoms with E-state index in [1.165, 1.54) is 6.39 Å². The van der Waals surface area contributed by atoms with Gasteiger partial charge in [0.05, 0.1) is 0 Å². The molecule has 0 unspecified atom stereocenters. The summed E-state index contributed by atoms with van der Waals surface area (Å²) in [6.45, 7) is 0. The fourth-order valence-corrected chi connectivity index (χ4v) is 0.938. The summed E-state index contributed by atoms with van der Waals surface area (Å²) in [5.74, 6) is 0.594. The van der Waals surface area contributed by atoms with Crippen LogP contribution in [0.1, 0.15) is 0 Å². The Morgan fingerprint density at radius 1 is 1.33 bits per heavy atom. The fraction of sp³-hybridized carbons (Fsp3) is 0. The van der Waals surface area contributed by atoms with Gasteiger partial charge in [0.15, 0.2) is 0 Å². The van der Waals surface area contributed by atoms with Crippen LogP contribution in [-0.4, -0.2) is 15.3 Å². The Labute approximate surface area is 68.5 Å². The molecule has 0 atom stereocenters. The number of hydrogen-bond acceptors (Lipinski definition) is 4. The van der Waals surface area contributed by atoms with Gasteiger partial charge in [-0.05, 0) is 18.2 Å². The molecule has 0 aliphatic heterocycles. The van der Waals surface area contributed by atoms with Crippen LogP contribution in [0.15, 0.2) is 35.1 Å². The van der Waals surface area contributed by atoms with Crippen LogP contribution in [0, 0.1) is 0 Å². The number of aromatic nitrogens is 2. The van der Waals surface area contributed by atoms with Gasteiger partial charge in [0.2, 0.25) is 12.3 Å². The molecule has 0 aliphatic rings. The number of rotatable bonds is 1. The average Bonchev–Trinajstić information content (AvgIpc) is 2.56. The van der Waals surface area contributed by atoms with Crippen molar-refractivity contribution in [2.24, 2.45) is 0 Å². The van der Waals surface area contributed by atoms with Crippen LogP contribution in [0.25, 0.3) is 11.5 Å². The summed E-state index contributed by atoms with van der Waals surface area (Å²) < 4.78 is 4.94. The molecule has 12 heavy (non-hydrogen) atoms. The average molecular weight is 162 g/mol. The smallest absolute Gasteiger partial charge is 0.247 e. The molecule has 1 aromatic carbocycles. The number of phenolic OH excluding ortho intramolecular Hbond substituents is 1. The predicted octanol–water partition coefficient (Wildman–Crippen LogP) is 1.44. The molecule has 1 heterocycles. The normalized spacial score (nSPS) is 10.0. The molecule has 2 aromatic rings. The summed E-state index contributed by atoms with van der Waals surface area (Å²) in [6, 6.07) is 6.65. The number of phenols is 1. The fourth-order valence-electron chi connectivity index (χ4n) is 0.938. The molecule has 1 N–H and O–H groups in total. The van der Waals surface area contributed by atoms with Crippen molar-refractivity contribution in [2.45, 2.75) is 0 Å². The summed E-state index contributed by atoms with van der Waals surface area (Å²) in [5, 5.41) is 16.4. The highest BCUT2D eigenvalue weighted by Gasteiger charge is 2.02. The van der Waals surface area contributed by atoms with Crippen LogP contribution in [0.4, 0.5) is 0 Å². The molecule has 0 aliphatic carbocycles. The lowest BCUT2D eigenvalue weighted by atomic mass is 10.2. The maximum absolute atomic E-state index is 9.12. The predicted molar refractivity (Wildman–Crippen MR) is 41.4 cm³/mol. The van der Waals surface area contributed by atoms with Crippen LogP contribution < -0.4 is 0 Å². The van der Waals surface area contributed by atoms with E-state index in [4.69, 9.17) is 9.52 Å². The molecule has 0 amide bonds. The van der Waals surface area contributed by atoms with E-state index in [1.54, 1.807) is 24.3 Å². The van der Waals surface area contributed by atoms with Crippen LogP contribution in [-0.2, 0) is 0 Å². The largest absolute Gasteiger partial charge is 0.508 e. The van der Waals surface area contributed by atoms with Crippen molar-refractivity contribution in [3.8, 4) is 17.2 Å². The lowest BCUT2D eigenvalue weighted by Gasteiger charge is -1.93. The van der Waals surface area contributed by atoms with Crippen molar-refractivity contribution in [3.63, 3.8) is 0 Å². The van der Waals surface area contributed by atoms with Crippen LogP contribution in [0.3, 0.4) is 0 Å². The lowest BCUT2D eigenvalue weighted by Crippen LogP contribution is -1.76. The molecule has 2 rings (SSSR count). The van der Waals surface area contributed by atoms with Gasteiger partial charge in [0.1, 0.15) is 5.75 Å². The van der Waals surface area contributed by atoms with Gasteiger partial charge in [0.25, 0.3) is 0 Å². The van der Waals surface area contributed by atoms with Gasteiger partial charge in [-0.3, -0.25) is 0 Å². The lowest BCUT2D eigenvalue weighted by molar-refractivity contribution is 0.475. The maximum Gasteiger partial charge on any atom is 0.247 e. The first kappa shape index (κ1) is 6.84. The van der Waals surface area contributed by atoms with Crippen LogP contribution >= 0.6 is 0 Å².